The van der Waals surface area contributed by atoms with Gasteiger partial charge in [0.1, 0.15) is 11.4 Å². The van der Waals surface area contributed by atoms with Gasteiger partial charge in [-0.1, -0.05) is 0 Å². The minimum atomic E-state index is 0.966. The molecular weight excluding hydrogens is 768 g/mol. The quantitative estimate of drug-likeness (QED) is 0.178. The molecule has 0 radical (unpaired) electrons. The van der Waals surface area contributed by atoms with Crippen LogP contribution in [0.15, 0.2) is 18.5 Å². The fourth-order valence-electron chi connectivity index (χ4n) is 4.97. The third-order valence-corrected chi connectivity index (χ3v) is 9.57. The van der Waals surface area contributed by atoms with Gasteiger partial charge in [-0.3, -0.25) is 4.98 Å². The number of aryl methyl sites for hydroxylation is 6. The van der Waals surface area contributed by atoms with Crippen molar-refractivity contribution in [1.29, 1.82) is 0 Å². The van der Waals surface area contributed by atoms with Gasteiger partial charge in [-0.05, 0) is 148 Å². The van der Waals surface area contributed by atoms with Crippen molar-refractivity contribution < 1.29 is 17.6 Å². The van der Waals surface area contributed by atoms with Crippen molar-refractivity contribution in [3.8, 4) is 23.0 Å². The minimum absolute atomic E-state index is 0.966. The van der Waals surface area contributed by atoms with Gasteiger partial charge in [0, 0.05) is 49.3 Å². The molecule has 0 amide bonds. The third kappa shape index (κ3) is 8.38. The molecule has 9 heteroatoms. The summed E-state index contributed by atoms with van der Waals surface area (Å²) in [4.78, 5) is 22.7. The Kier molecular flexibility index (Phi) is 14.0. The second-order valence-corrected chi connectivity index (χ2v) is 12.1. The van der Waals surface area contributed by atoms with Crippen molar-refractivity contribution in [3.63, 3.8) is 0 Å². The van der Waals surface area contributed by atoms with E-state index >= 15 is 0 Å². The molecule has 0 aliphatic heterocycles. The van der Waals surface area contributed by atoms with Crippen LogP contribution in [0.3, 0.4) is 0 Å². The van der Waals surface area contributed by atoms with Crippen LogP contribution in [0.5, 0.6) is 0 Å². The number of hydrogen-bond donors (Lipinski definition) is 0. The van der Waals surface area contributed by atoms with Crippen molar-refractivity contribution in [2.45, 2.75) is 96.9 Å². The van der Waals surface area contributed by atoms with Crippen molar-refractivity contribution in [2.24, 2.45) is 14.1 Å². The van der Waals surface area contributed by atoms with E-state index in [1.165, 1.54) is 73.5 Å². The first-order chi connectivity index (χ1) is 21.5. The molecule has 0 fully saturated rings. The summed E-state index contributed by atoms with van der Waals surface area (Å²) in [7, 11) is 8.77. The molecule has 0 aliphatic carbocycles. The Bertz CT molecular complexity index is 1700. The van der Waals surface area contributed by atoms with Gasteiger partial charge in [0.05, 0.1) is 11.4 Å². The molecule has 0 saturated carbocycles. The van der Waals surface area contributed by atoms with E-state index in [-0.39, 0.29) is 0 Å². The molecule has 0 unspecified atom stereocenters. The predicted molar refractivity (Wildman–Crippen MR) is 189 cm³/mol. The SMILES string of the molecule is Cc1ccncc1C.Cc1nc(-c2nc(C)c(C)n2C)c(C)c(C)c1C.Cc1nc(-c2nc(C)c(C)n2C)c(C)c(C)c1C.[Cl][Os]. The Hall–Kier alpha value is -3.20. The van der Waals surface area contributed by atoms with Gasteiger partial charge in [0.15, 0.2) is 11.6 Å². The molecule has 5 aromatic heterocycles. The van der Waals surface area contributed by atoms with E-state index < -0.39 is 0 Å². The molecule has 0 spiro atoms. The standard InChI is InChI=1S/2C15H21N3.C7H9N.ClH.Os/c2*1-8-9(2)11(4)16-14(10(8)3)15-17-12(5)13(6)18(15)7;1-6-3-4-8-5-7(6)2;;/h2*1-7H3;3-5H,1-2H3;1H;/q;;;;+1/p-1. The first-order valence-electron chi connectivity index (χ1n) is 15.4. The van der Waals surface area contributed by atoms with Crippen LogP contribution in [-0.4, -0.2) is 34.1 Å². The first kappa shape index (κ1) is 39.0. The zero-order chi connectivity index (χ0) is 35.2. The van der Waals surface area contributed by atoms with E-state index in [1.54, 1.807) is 0 Å². The number of pyridine rings is 3. The Labute approximate surface area is 291 Å². The number of rotatable bonds is 2. The Morgan fingerprint density at radius 2 is 0.848 bits per heavy atom. The topological polar surface area (TPSA) is 74.3 Å². The number of halogens is 1. The molecular formula is C37H51ClN7Os. The summed E-state index contributed by atoms with van der Waals surface area (Å²) in [5.41, 5.74) is 18.9. The van der Waals surface area contributed by atoms with Gasteiger partial charge >= 0.3 is 27.2 Å². The van der Waals surface area contributed by atoms with Gasteiger partial charge in [0.2, 0.25) is 0 Å². The Morgan fingerprint density at radius 1 is 0.478 bits per heavy atom. The van der Waals surface area contributed by atoms with Crippen molar-refractivity contribution in [3.05, 3.63) is 97.1 Å². The predicted octanol–water partition coefficient (Wildman–Crippen LogP) is 9.05. The molecule has 0 saturated heterocycles. The van der Waals surface area contributed by atoms with Gasteiger partial charge in [-0.2, -0.15) is 0 Å². The summed E-state index contributed by atoms with van der Waals surface area (Å²) in [5.74, 6) is 1.93. The van der Waals surface area contributed by atoms with E-state index in [4.69, 9.17) is 9.97 Å². The fourth-order valence-corrected chi connectivity index (χ4v) is 4.97. The van der Waals surface area contributed by atoms with E-state index in [9.17, 15) is 0 Å². The molecule has 249 valence electrons. The molecule has 5 aromatic rings. The summed E-state index contributed by atoms with van der Waals surface area (Å²) in [6.45, 7) is 29.4. The van der Waals surface area contributed by atoms with Crippen LogP contribution < -0.4 is 0 Å². The van der Waals surface area contributed by atoms with Crippen LogP contribution >= 0.6 is 9.64 Å². The summed E-state index contributed by atoms with van der Waals surface area (Å²) >= 11 is 1.33. The second-order valence-electron chi connectivity index (χ2n) is 12.1. The van der Waals surface area contributed by atoms with Gasteiger partial charge in [-0.25, -0.2) is 19.9 Å². The number of imidazole rings is 2. The van der Waals surface area contributed by atoms with Gasteiger partial charge in [0.25, 0.3) is 0 Å². The molecule has 0 aromatic carbocycles. The number of aromatic nitrogens is 7. The summed E-state index contributed by atoms with van der Waals surface area (Å²) in [6.07, 6.45) is 3.68. The van der Waals surface area contributed by atoms with E-state index in [1.807, 2.05) is 32.3 Å². The molecule has 5 heterocycles. The van der Waals surface area contributed by atoms with Crippen LogP contribution in [0, 0.1) is 96.9 Å². The molecule has 0 aliphatic rings. The first-order valence-corrected chi connectivity index (χ1v) is 18.5. The maximum atomic E-state index is 4.74. The van der Waals surface area contributed by atoms with Crippen LogP contribution in [0.2, 0.25) is 0 Å². The van der Waals surface area contributed by atoms with E-state index in [0.717, 1.165) is 45.8 Å². The van der Waals surface area contributed by atoms with Crippen LogP contribution in [0.1, 0.15) is 78.7 Å². The Balaban J connectivity index is 0.000000249. The van der Waals surface area contributed by atoms with Crippen molar-refractivity contribution in [2.75, 3.05) is 0 Å². The number of hydrogen-bond acceptors (Lipinski definition) is 5. The van der Waals surface area contributed by atoms with E-state index in [2.05, 4.69) is 131 Å². The van der Waals surface area contributed by atoms with Gasteiger partial charge in [-0.15, -0.1) is 0 Å². The molecule has 0 N–H and O–H groups in total. The molecule has 0 bridgehead atoms. The fraction of sp³-hybridized carbons (Fsp3) is 0.432. The maximum absolute atomic E-state index is 4.74. The van der Waals surface area contributed by atoms with Crippen LogP contribution in [0.25, 0.3) is 23.0 Å². The van der Waals surface area contributed by atoms with Gasteiger partial charge < -0.3 is 9.13 Å². The normalized spacial score (nSPS) is 10.4. The zero-order valence-electron chi connectivity index (χ0n) is 30.6. The van der Waals surface area contributed by atoms with Crippen molar-refractivity contribution in [1.82, 2.24) is 34.1 Å². The monoisotopic (exact) mass is 820 g/mol. The average molecular weight is 820 g/mol. The van der Waals surface area contributed by atoms with Crippen LogP contribution in [-0.2, 0) is 31.7 Å². The van der Waals surface area contributed by atoms with Crippen molar-refractivity contribution >= 4 is 9.64 Å². The number of nitrogens with zero attached hydrogens (tertiary/aromatic N) is 7. The summed E-state index contributed by atoms with van der Waals surface area (Å²) in [6, 6.07) is 2.01. The molecule has 46 heavy (non-hydrogen) atoms. The van der Waals surface area contributed by atoms with E-state index in [0.29, 0.717) is 0 Å². The molecule has 0 atom stereocenters. The summed E-state index contributed by atoms with van der Waals surface area (Å²) in [5, 5.41) is 0. The molecule has 7 nitrogen and oxygen atoms in total. The second kappa shape index (κ2) is 16.6. The average Bonchev–Trinajstić information content (AvgIpc) is 3.45. The molecule has 5 rings (SSSR count). The zero-order valence-corrected chi connectivity index (χ0v) is 33.9. The summed E-state index contributed by atoms with van der Waals surface area (Å²) < 4.78 is 4.25. The van der Waals surface area contributed by atoms with Crippen LogP contribution in [0.4, 0.5) is 0 Å². The third-order valence-electron chi connectivity index (χ3n) is 9.57. The Morgan fingerprint density at radius 3 is 1.11 bits per heavy atom.